The zero-order chi connectivity index (χ0) is 9.14. The van der Waals surface area contributed by atoms with Crippen LogP contribution in [-0.2, 0) is 0 Å². The molecule has 1 rings (SSSR count). The predicted octanol–water partition coefficient (Wildman–Crippen LogP) is 0.627. The average Bonchev–Trinajstić information content (AvgIpc) is 2.04. The minimum atomic E-state index is -0.880. The highest BCUT2D eigenvalue weighted by atomic mass is 16.6. The first kappa shape index (κ1) is 8.63. The molecule has 1 aliphatic carbocycles. The minimum absolute atomic E-state index is 0.0104. The number of hydrogen-bond donors (Lipinski definition) is 0. The SMILES string of the molecule is O=[N+]([O-])C1C=CCC([N+](=O)[O-])C1. The monoisotopic (exact) mass is 172 g/mol. The van der Waals surface area contributed by atoms with E-state index in [4.69, 9.17) is 0 Å². The molecule has 0 spiro atoms. The van der Waals surface area contributed by atoms with E-state index in [1.54, 1.807) is 0 Å². The first-order valence-corrected chi connectivity index (χ1v) is 3.55. The summed E-state index contributed by atoms with van der Waals surface area (Å²) in [5.41, 5.74) is 0. The van der Waals surface area contributed by atoms with Crippen molar-refractivity contribution in [3.05, 3.63) is 32.4 Å². The Hall–Kier alpha value is -1.46. The van der Waals surface area contributed by atoms with Gasteiger partial charge in [0.15, 0.2) is 0 Å². The molecule has 0 aromatic heterocycles. The molecule has 12 heavy (non-hydrogen) atoms. The fourth-order valence-electron chi connectivity index (χ4n) is 1.17. The lowest BCUT2D eigenvalue weighted by Gasteiger charge is -2.12. The molecule has 0 aliphatic heterocycles. The van der Waals surface area contributed by atoms with Crippen LogP contribution in [0.4, 0.5) is 0 Å². The van der Waals surface area contributed by atoms with Crippen molar-refractivity contribution in [3.63, 3.8) is 0 Å². The van der Waals surface area contributed by atoms with Crippen molar-refractivity contribution in [3.8, 4) is 0 Å². The lowest BCUT2D eigenvalue weighted by Crippen LogP contribution is -2.31. The van der Waals surface area contributed by atoms with Gasteiger partial charge in [-0.15, -0.1) is 0 Å². The molecule has 0 aromatic rings. The van der Waals surface area contributed by atoms with Crippen molar-refractivity contribution in [1.82, 2.24) is 0 Å². The summed E-state index contributed by atoms with van der Waals surface area (Å²) < 4.78 is 0. The molecule has 66 valence electrons. The fraction of sp³-hybridized carbons (Fsp3) is 0.667. The Morgan fingerprint density at radius 3 is 2.42 bits per heavy atom. The molecule has 0 fully saturated rings. The lowest BCUT2D eigenvalue weighted by molar-refractivity contribution is -0.555. The van der Waals surface area contributed by atoms with Crippen LogP contribution in [0.15, 0.2) is 12.2 Å². The highest BCUT2D eigenvalue weighted by Gasteiger charge is 2.32. The summed E-state index contributed by atoms with van der Waals surface area (Å²) in [4.78, 5) is 19.6. The van der Waals surface area contributed by atoms with Crippen LogP contribution in [0, 0.1) is 20.2 Å². The van der Waals surface area contributed by atoms with Gasteiger partial charge in [-0.05, 0) is 6.08 Å². The zero-order valence-electron chi connectivity index (χ0n) is 6.25. The van der Waals surface area contributed by atoms with Gasteiger partial charge in [-0.3, -0.25) is 20.2 Å². The molecule has 0 heterocycles. The Labute approximate surface area is 68.2 Å². The van der Waals surface area contributed by atoms with E-state index in [1.165, 1.54) is 12.2 Å². The van der Waals surface area contributed by atoms with Gasteiger partial charge in [0.1, 0.15) is 0 Å². The first-order chi connectivity index (χ1) is 5.61. The van der Waals surface area contributed by atoms with Gasteiger partial charge in [0.25, 0.3) is 0 Å². The van der Waals surface area contributed by atoms with Gasteiger partial charge in [-0.25, -0.2) is 0 Å². The third-order valence-corrected chi connectivity index (χ3v) is 1.85. The largest absolute Gasteiger partial charge is 0.264 e. The van der Waals surface area contributed by atoms with E-state index in [2.05, 4.69) is 0 Å². The van der Waals surface area contributed by atoms with Crippen molar-refractivity contribution in [2.45, 2.75) is 24.9 Å². The van der Waals surface area contributed by atoms with Crippen LogP contribution in [0.3, 0.4) is 0 Å². The lowest BCUT2D eigenvalue weighted by atomic mass is 9.99. The second-order valence-electron chi connectivity index (χ2n) is 2.69. The van der Waals surface area contributed by atoms with E-state index in [-0.39, 0.29) is 6.42 Å². The molecule has 2 unspecified atom stereocenters. The molecule has 0 aromatic carbocycles. The molecule has 0 radical (unpaired) electrons. The van der Waals surface area contributed by atoms with Crippen molar-refractivity contribution in [2.75, 3.05) is 0 Å². The smallest absolute Gasteiger partial charge is 0.237 e. The molecule has 1 aliphatic rings. The van der Waals surface area contributed by atoms with Gasteiger partial charge in [-0.2, -0.15) is 0 Å². The summed E-state index contributed by atoms with van der Waals surface area (Å²) in [6, 6.07) is -1.67. The highest BCUT2D eigenvalue weighted by Crippen LogP contribution is 2.16. The van der Waals surface area contributed by atoms with Crippen molar-refractivity contribution in [2.24, 2.45) is 0 Å². The summed E-state index contributed by atoms with van der Waals surface area (Å²) >= 11 is 0. The Bertz CT molecular complexity index is 238. The summed E-state index contributed by atoms with van der Waals surface area (Å²) in [6.07, 6.45) is 3.23. The van der Waals surface area contributed by atoms with Gasteiger partial charge < -0.3 is 0 Å². The fourth-order valence-corrected chi connectivity index (χ4v) is 1.17. The third-order valence-electron chi connectivity index (χ3n) is 1.85. The summed E-state index contributed by atoms with van der Waals surface area (Å²) in [6.45, 7) is 0. The summed E-state index contributed by atoms with van der Waals surface area (Å²) in [5.74, 6) is 0. The van der Waals surface area contributed by atoms with Crippen LogP contribution in [0.2, 0.25) is 0 Å². The van der Waals surface area contributed by atoms with Crippen molar-refractivity contribution < 1.29 is 9.85 Å². The van der Waals surface area contributed by atoms with Crippen LogP contribution in [0.5, 0.6) is 0 Å². The Morgan fingerprint density at radius 1 is 1.25 bits per heavy atom. The van der Waals surface area contributed by atoms with Crippen LogP contribution >= 0.6 is 0 Å². The molecule has 6 nitrogen and oxygen atoms in total. The predicted molar refractivity (Wildman–Crippen MR) is 39.9 cm³/mol. The van der Waals surface area contributed by atoms with E-state index in [0.717, 1.165) is 0 Å². The van der Waals surface area contributed by atoms with E-state index in [0.29, 0.717) is 6.42 Å². The minimum Gasteiger partial charge on any atom is -0.264 e. The Balaban J connectivity index is 2.63. The molecule has 0 N–H and O–H groups in total. The van der Waals surface area contributed by atoms with E-state index >= 15 is 0 Å². The van der Waals surface area contributed by atoms with E-state index in [9.17, 15) is 20.2 Å². The number of hydrogen-bond acceptors (Lipinski definition) is 4. The number of nitro groups is 2. The summed E-state index contributed by atoms with van der Waals surface area (Å²) in [7, 11) is 0. The number of nitrogens with zero attached hydrogens (tertiary/aromatic N) is 2. The third kappa shape index (κ3) is 1.77. The summed E-state index contributed by atoms with van der Waals surface area (Å²) in [5, 5.41) is 20.5. The van der Waals surface area contributed by atoms with Crippen molar-refractivity contribution >= 4 is 0 Å². The maximum absolute atomic E-state index is 10.3. The second kappa shape index (κ2) is 3.29. The maximum Gasteiger partial charge on any atom is 0.237 e. The molecule has 0 saturated carbocycles. The molecular formula is C6H8N2O4. The Kier molecular flexibility index (Phi) is 2.37. The molecule has 0 amide bonds. The van der Waals surface area contributed by atoms with Gasteiger partial charge in [0, 0.05) is 16.3 Å². The van der Waals surface area contributed by atoms with E-state index < -0.39 is 21.9 Å². The zero-order valence-corrected chi connectivity index (χ0v) is 6.25. The Morgan fingerprint density at radius 2 is 1.92 bits per heavy atom. The molecule has 0 bridgehead atoms. The normalized spacial score (nSPS) is 28.3. The highest BCUT2D eigenvalue weighted by molar-refractivity contribution is 4.97. The van der Waals surface area contributed by atoms with Crippen LogP contribution in [-0.4, -0.2) is 21.9 Å². The van der Waals surface area contributed by atoms with E-state index in [1.807, 2.05) is 0 Å². The standard InChI is InChI=1S/C6H8N2O4/c9-7(10)5-2-1-3-6(4-5)8(11)12/h1-2,5-6H,3-4H2. The first-order valence-electron chi connectivity index (χ1n) is 3.55. The van der Waals surface area contributed by atoms with Crippen molar-refractivity contribution in [1.29, 1.82) is 0 Å². The van der Waals surface area contributed by atoms with Crippen LogP contribution < -0.4 is 0 Å². The average molecular weight is 172 g/mol. The van der Waals surface area contributed by atoms with Gasteiger partial charge in [0.05, 0.1) is 6.42 Å². The maximum atomic E-state index is 10.3. The topological polar surface area (TPSA) is 86.3 Å². The molecule has 2 atom stereocenters. The van der Waals surface area contributed by atoms with Crippen LogP contribution in [0.1, 0.15) is 12.8 Å². The van der Waals surface area contributed by atoms with Gasteiger partial charge in [0.2, 0.25) is 12.1 Å². The van der Waals surface area contributed by atoms with Crippen LogP contribution in [0.25, 0.3) is 0 Å². The van der Waals surface area contributed by atoms with Gasteiger partial charge >= 0.3 is 0 Å². The van der Waals surface area contributed by atoms with Gasteiger partial charge in [-0.1, -0.05) is 6.08 Å². The molecule has 6 heteroatoms. The molecular weight excluding hydrogens is 164 g/mol. The molecule has 0 saturated heterocycles. The quantitative estimate of drug-likeness (QED) is 0.347. The number of rotatable bonds is 2. The second-order valence-corrected chi connectivity index (χ2v) is 2.69.